The van der Waals surface area contributed by atoms with Gasteiger partial charge in [0.25, 0.3) is 5.91 Å². The summed E-state index contributed by atoms with van der Waals surface area (Å²) in [5, 5.41) is 3.42. The van der Waals surface area contributed by atoms with Crippen molar-refractivity contribution >= 4 is 33.2 Å². The molecule has 0 spiro atoms. The first-order chi connectivity index (χ1) is 10.8. The number of anilines is 1. The van der Waals surface area contributed by atoms with Crippen molar-refractivity contribution in [3.8, 4) is 0 Å². The summed E-state index contributed by atoms with van der Waals surface area (Å²) < 4.78 is 25.1. The number of carbonyl (C=O) groups excluding carboxylic acids is 1. The zero-order valence-electron chi connectivity index (χ0n) is 12.7. The molecule has 0 aromatic heterocycles. The Kier molecular flexibility index (Phi) is 5.28. The van der Waals surface area contributed by atoms with Gasteiger partial charge in [0.1, 0.15) is 0 Å². The molecule has 122 valence electrons. The average Bonchev–Trinajstić information content (AvgIpc) is 2.46. The van der Waals surface area contributed by atoms with E-state index in [2.05, 4.69) is 10.0 Å². The van der Waals surface area contributed by atoms with Gasteiger partial charge in [-0.15, -0.1) is 0 Å². The fourth-order valence-corrected chi connectivity index (χ4v) is 2.88. The van der Waals surface area contributed by atoms with E-state index >= 15 is 0 Å². The van der Waals surface area contributed by atoms with Gasteiger partial charge in [-0.05, 0) is 36.8 Å². The third-order valence-corrected chi connectivity index (χ3v) is 3.99. The maximum Gasteiger partial charge on any atom is 0.253 e. The van der Waals surface area contributed by atoms with Crippen LogP contribution >= 0.6 is 11.6 Å². The van der Waals surface area contributed by atoms with E-state index in [1.54, 1.807) is 42.5 Å². The normalized spacial score (nSPS) is 12.5. The first-order valence-corrected chi connectivity index (χ1v) is 9.16. The molecule has 0 aliphatic rings. The van der Waals surface area contributed by atoms with E-state index in [-0.39, 0.29) is 23.2 Å². The van der Waals surface area contributed by atoms with Crippen LogP contribution < -0.4 is 10.0 Å². The number of sulfonamides is 1. The minimum absolute atomic E-state index is 0.241. The second kappa shape index (κ2) is 7.02. The minimum atomic E-state index is -3.47. The van der Waals surface area contributed by atoms with E-state index in [1.807, 2.05) is 13.0 Å². The maximum atomic E-state index is 12.4. The molecule has 2 N–H and O–H groups in total. The lowest BCUT2D eigenvalue weighted by Gasteiger charge is -2.16. The summed E-state index contributed by atoms with van der Waals surface area (Å²) in [5.41, 5.74) is 1.36. The Morgan fingerprint density at radius 2 is 1.83 bits per heavy atom. The van der Waals surface area contributed by atoms with Gasteiger partial charge >= 0.3 is 0 Å². The number of benzene rings is 2. The Labute approximate surface area is 140 Å². The van der Waals surface area contributed by atoms with E-state index < -0.39 is 10.0 Å². The van der Waals surface area contributed by atoms with Crippen LogP contribution in [0.3, 0.4) is 0 Å². The van der Waals surface area contributed by atoms with Gasteiger partial charge < -0.3 is 5.32 Å². The van der Waals surface area contributed by atoms with Crippen LogP contribution in [0.15, 0.2) is 48.5 Å². The lowest BCUT2D eigenvalue weighted by atomic mass is 10.1. The van der Waals surface area contributed by atoms with Crippen molar-refractivity contribution in [3.63, 3.8) is 0 Å². The monoisotopic (exact) mass is 352 g/mol. The van der Waals surface area contributed by atoms with Crippen molar-refractivity contribution in [2.24, 2.45) is 0 Å². The smallest absolute Gasteiger partial charge is 0.253 e. The molecule has 2 rings (SSSR count). The number of amides is 1. The molecule has 0 aliphatic heterocycles. The van der Waals surface area contributed by atoms with Crippen LogP contribution in [0, 0.1) is 0 Å². The van der Waals surface area contributed by atoms with Gasteiger partial charge in [-0.3, -0.25) is 9.52 Å². The van der Waals surface area contributed by atoms with Crippen molar-refractivity contribution in [2.45, 2.75) is 13.0 Å². The van der Waals surface area contributed by atoms with E-state index in [1.165, 1.54) is 0 Å². The summed E-state index contributed by atoms with van der Waals surface area (Å²) in [5.74, 6) is -0.371. The molecule has 0 aliphatic carbocycles. The number of carbonyl (C=O) groups is 1. The Balaban J connectivity index is 2.21. The van der Waals surface area contributed by atoms with E-state index in [0.29, 0.717) is 5.02 Å². The quantitative estimate of drug-likeness (QED) is 0.867. The first kappa shape index (κ1) is 17.3. The second-order valence-corrected chi connectivity index (χ2v) is 7.35. The Bertz CT molecular complexity index is 822. The van der Waals surface area contributed by atoms with Gasteiger partial charge in [-0.1, -0.05) is 35.9 Å². The van der Waals surface area contributed by atoms with Gasteiger partial charge in [0.15, 0.2) is 0 Å². The lowest BCUT2D eigenvalue weighted by molar-refractivity contribution is 0.0941. The number of para-hydroxylation sites is 1. The minimum Gasteiger partial charge on any atom is -0.345 e. The van der Waals surface area contributed by atoms with Crippen LogP contribution in [0.2, 0.25) is 5.02 Å². The first-order valence-electron chi connectivity index (χ1n) is 6.89. The molecular formula is C16H17ClN2O3S. The van der Waals surface area contributed by atoms with Crippen molar-refractivity contribution in [3.05, 3.63) is 64.7 Å². The van der Waals surface area contributed by atoms with Gasteiger partial charge in [-0.2, -0.15) is 0 Å². The molecule has 0 unspecified atom stereocenters. The predicted octanol–water partition coefficient (Wildman–Crippen LogP) is 3.20. The molecule has 7 heteroatoms. The van der Waals surface area contributed by atoms with Crippen molar-refractivity contribution in [1.29, 1.82) is 0 Å². The molecule has 0 saturated carbocycles. The largest absolute Gasteiger partial charge is 0.345 e. The molecule has 5 nitrogen and oxygen atoms in total. The Morgan fingerprint density at radius 1 is 1.13 bits per heavy atom. The summed E-state index contributed by atoms with van der Waals surface area (Å²) in [4.78, 5) is 12.4. The Hall–Kier alpha value is -2.05. The molecule has 2 aromatic carbocycles. The number of hydrogen-bond acceptors (Lipinski definition) is 3. The topological polar surface area (TPSA) is 75.3 Å². The van der Waals surface area contributed by atoms with Crippen LogP contribution in [0.4, 0.5) is 5.69 Å². The molecule has 0 bridgehead atoms. The van der Waals surface area contributed by atoms with Crippen LogP contribution in [0.5, 0.6) is 0 Å². The predicted molar refractivity (Wildman–Crippen MR) is 92.2 cm³/mol. The summed E-state index contributed by atoms with van der Waals surface area (Å²) >= 11 is 5.95. The number of rotatable bonds is 5. The van der Waals surface area contributed by atoms with Gasteiger partial charge in [-0.25, -0.2) is 8.42 Å². The van der Waals surface area contributed by atoms with Gasteiger partial charge in [0.2, 0.25) is 10.0 Å². The molecule has 0 saturated heterocycles. The summed E-state index contributed by atoms with van der Waals surface area (Å²) in [6.45, 7) is 1.83. The zero-order valence-corrected chi connectivity index (χ0v) is 14.3. The van der Waals surface area contributed by atoms with E-state index in [0.717, 1.165) is 11.8 Å². The highest BCUT2D eigenvalue weighted by atomic mass is 35.5. The molecule has 23 heavy (non-hydrogen) atoms. The van der Waals surface area contributed by atoms with E-state index in [4.69, 9.17) is 11.6 Å². The second-order valence-electron chi connectivity index (χ2n) is 5.17. The lowest BCUT2D eigenvalue weighted by Crippen LogP contribution is -2.27. The molecule has 0 radical (unpaired) electrons. The molecule has 2 aromatic rings. The molecule has 0 fully saturated rings. The fraction of sp³-hybridized carbons (Fsp3) is 0.188. The highest BCUT2D eigenvalue weighted by Gasteiger charge is 2.16. The van der Waals surface area contributed by atoms with Crippen LogP contribution in [0.25, 0.3) is 0 Å². The number of halogens is 1. The van der Waals surface area contributed by atoms with Crippen molar-refractivity contribution in [1.82, 2.24) is 5.32 Å². The summed E-state index contributed by atoms with van der Waals surface area (Å²) in [6.07, 6.45) is 1.04. The van der Waals surface area contributed by atoms with Crippen LogP contribution in [0.1, 0.15) is 28.9 Å². The third kappa shape index (κ3) is 4.97. The van der Waals surface area contributed by atoms with Gasteiger partial charge in [0.05, 0.1) is 23.5 Å². The zero-order chi connectivity index (χ0) is 17.0. The van der Waals surface area contributed by atoms with Crippen LogP contribution in [-0.4, -0.2) is 20.6 Å². The standard InChI is InChI=1S/C16H17ClN2O3S/c1-11(12-6-5-7-13(17)10-12)18-16(20)14-8-3-4-9-15(14)19-23(2,21)22/h3-11,19H,1-2H3,(H,18,20)/t11-/m1/s1. The average molecular weight is 353 g/mol. The van der Waals surface area contributed by atoms with Crippen LogP contribution in [-0.2, 0) is 10.0 Å². The Morgan fingerprint density at radius 3 is 2.48 bits per heavy atom. The van der Waals surface area contributed by atoms with Gasteiger partial charge in [0, 0.05) is 5.02 Å². The SMILES string of the molecule is C[C@@H](NC(=O)c1ccccc1NS(C)(=O)=O)c1cccc(Cl)c1. The maximum absolute atomic E-state index is 12.4. The third-order valence-electron chi connectivity index (χ3n) is 3.16. The van der Waals surface area contributed by atoms with Crippen molar-refractivity contribution in [2.75, 3.05) is 11.0 Å². The molecular weight excluding hydrogens is 336 g/mol. The highest BCUT2D eigenvalue weighted by Crippen LogP contribution is 2.20. The molecule has 1 amide bonds. The molecule has 0 heterocycles. The highest BCUT2D eigenvalue weighted by molar-refractivity contribution is 7.92. The summed E-state index contributed by atoms with van der Waals surface area (Å²) in [6, 6.07) is 13.4. The fourth-order valence-electron chi connectivity index (χ4n) is 2.10. The summed E-state index contributed by atoms with van der Waals surface area (Å²) in [7, 11) is -3.47. The number of hydrogen-bond donors (Lipinski definition) is 2. The molecule has 1 atom stereocenters. The van der Waals surface area contributed by atoms with Crippen molar-refractivity contribution < 1.29 is 13.2 Å². The number of nitrogens with one attached hydrogen (secondary N) is 2. The van der Waals surface area contributed by atoms with E-state index in [9.17, 15) is 13.2 Å².